The Kier molecular flexibility index (Phi) is 8.41. The van der Waals surface area contributed by atoms with Gasteiger partial charge < -0.3 is 28.3 Å². The molecule has 2 aromatic carbocycles. The van der Waals surface area contributed by atoms with Gasteiger partial charge in [0.25, 0.3) is 0 Å². The van der Waals surface area contributed by atoms with Crippen LogP contribution >= 0.6 is 0 Å². The van der Waals surface area contributed by atoms with Gasteiger partial charge in [-0.05, 0) is 44.0 Å². The molecule has 0 spiro atoms. The highest BCUT2D eigenvalue weighted by Gasteiger charge is 2.22. The maximum atomic E-state index is 12.9. The van der Waals surface area contributed by atoms with Gasteiger partial charge in [-0.3, -0.25) is 4.79 Å². The van der Waals surface area contributed by atoms with Crippen LogP contribution in [0.4, 0.5) is 0 Å². The molecule has 0 atom stereocenters. The SMILES string of the molecule is COc1ccc(CCn2c(C)cc(C(=O)COC(=O)c3cc(OC)c(OC)cc3OC)c2C)cc1. The molecule has 186 valence electrons. The van der Waals surface area contributed by atoms with E-state index in [0.717, 1.165) is 30.1 Å². The summed E-state index contributed by atoms with van der Waals surface area (Å²) in [6.07, 6.45) is 0.808. The second kappa shape index (κ2) is 11.5. The normalized spacial score (nSPS) is 10.6. The fourth-order valence-electron chi connectivity index (χ4n) is 3.94. The van der Waals surface area contributed by atoms with Crippen molar-refractivity contribution in [2.75, 3.05) is 35.0 Å². The second-order valence-corrected chi connectivity index (χ2v) is 7.94. The minimum atomic E-state index is -0.690. The summed E-state index contributed by atoms with van der Waals surface area (Å²) in [5.41, 5.74) is 3.64. The van der Waals surface area contributed by atoms with Crippen LogP contribution in [0, 0.1) is 13.8 Å². The molecule has 3 rings (SSSR count). The molecule has 1 heterocycles. The predicted octanol–water partition coefficient (Wildman–Crippen LogP) is 4.42. The number of hydrogen-bond donors (Lipinski definition) is 0. The molecule has 0 unspecified atom stereocenters. The van der Waals surface area contributed by atoms with E-state index in [1.165, 1.54) is 39.0 Å². The first kappa shape index (κ1) is 25.7. The Morgan fingerprint density at radius 2 is 1.40 bits per heavy atom. The Morgan fingerprint density at radius 3 is 2.00 bits per heavy atom. The Bertz CT molecular complexity index is 1200. The van der Waals surface area contributed by atoms with E-state index in [-0.39, 0.29) is 23.7 Å². The first-order valence-electron chi connectivity index (χ1n) is 11.1. The van der Waals surface area contributed by atoms with E-state index in [1.54, 1.807) is 7.11 Å². The van der Waals surface area contributed by atoms with Gasteiger partial charge in [0.2, 0.25) is 5.78 Å². The molecule has 0 N–H and O–H groups in total. The van der Waals surface area contributed by atoms with Crippen LogP contribution in [-0.4, -0.2) is 51.4 Å². The third-order valence-electron chi connectivity index (χ3n) is 5.92. The van der Waals surface area contributed by atoms with Crippen molar-refractivity contribution in [2.45, 2.75) is 26.8 Å². The Balaban J connectivity index is 1.69. The number of nitrogens with zero attached hydrogens (tertiary/aromatic N) is 1. The van der Waals surface area contributed by atoms with Gasteiger partial charge in [0.15, 0.2) is 18.1 Å². The zero-order valence-corrected chi connectivity index (χ0v) is 21.0. The van der Waals surface area contributed by atoms with E-state index < -0.39 is 5.97 Å². The first-order chi connectivity index (χ1) is 16.8. The van der Waals surface area contributed by atoms with E-state index in [0.29, 0.717) is 17.1 Å². The van der Waals surface area contributed by atoms with Gasteiger partial charge in [-0.1, -0.05) is 12.1 Å². The van der Waals surface area contributed by atoms with E-state index >= 15 is 0 Å². The van der Waals surface area contributed by atoms with Crippen LogP contribution in [0.3, 0.4) is 0 Å². The lowest BCUT2D eigenvalue weighted by Gasteiger charge is -2.13. The van der Waals surface area contributed by atoms with Gasteiger partial charge in [-0.25, -0.2) is 4.79 Å². The van der Waals surface area contributed by atoms with E-state index in [2.05, 4.69) is 4.57 Å². The van der Waals surface area contributed by atoms with E-state index in [9.17, 15) is 9.59 Å². The van der Waals surface area contributed by atoms with E-state index in [1.807, 2.05) is 44.2 Å². The minimum Gasteiger partial charge on any atom is -0.497 e. The van der Waals surface area contributed by atoms with Crippen molar-refractivity contribution in [3.05, 3.63) is 70.5 Å². The number of benzene rings is 2. The lowest BCUT2D eigenvalue weighted by molar-refractivity contribution is 0.0471. The smallest absolute Gasteiger partial charge is 0.342 e. The Hall–Kier alpha value is -3.94. The zero-order valence-electron chi connectivity index (χ0n) is 21.0. The number of aryl methyl sites for hydroxylation is 2. The van der Waals surface area contributed by atoms with E-state index in [4.69, 9.17) is 23.7 Å². The molecule has 0 aliphatic carbocycles. The van der Waals surface area contributed by atoms with Crippen LogP contribution in [0.5, 0.6) is 23.0 Å². The number of hydrogen-bond acceptors (Lipinski definition) is 7. The number of rotatable bonds is 11. The van der Waals surface area contributed by atoms with Crippen LogP contribution < -0.4 is 18.9 Å². The summed E-state index contributed by atoms with van der Waals surface area (Å²) in [7, 11) is 6.03. The number of esters is 1. The number of carbonyl (C=O) groups excluding carboxylic acids is 2. The van der Waals surface area contributed by atoms with Gasteiger partial charge in [0.1, 0.15) is 17.1 Å². The molecule has 0 saturated carbocycles. The number of carbonyl (C=O) groups is 2. The van der Waals surface area contributed by atoms with Crippen molar-refractivity contribution in [1.29, 1.82) is 0 Å². The van der Waals surface area contributed by atoms with Crippen LogP contribution in [0.15, 0.2) is 42.5 Å². The summed E-state index contributed by atoms with van der Waals surface area (Å²) in [5.74, 6) is 0.879. The van der Waals surface area contributed by atoms with Crippen molar-refractivity contribution >= 4 is 11.8 Å². The standard InChI is InChI=1S/C27H31NO7/c1-17-13-21(18(2)28(17)12-11-19-7-9-20(31-3)10-8-19)23(29)16-35-27(30)22-14-25(33-5)26(34-6)15-24(22)32-4/h7-10,13-15H,11-12,16H2,1-6H3. The largest absolute Gasteiger partial charge is 0.497 e. The van der Waals surface area contributed by atoms with Gasteiger partial charge >= 0.3 is 5.97 Å². The third-order valence-corrected chi connectivity index (χ3v) is 5.92. The second-order valence-electron chi connectivity index (χ2n) is 7.94. The third kappa shape index (κ3) is 5.77. The molecule has 1 aromatic heterocycles. The molecule has 0 amide bonds. The van der Waals surface area contributed by atoms with Crippen LogP contribution in [0.2, 0.25) is 0 Å². The average Bonchev–Trinajstić information content (AvgIpc) is 3.17. The molecular formula is C27H31NO7. The zero-order chi connectivity index (χ0) is 25.5. The van der Waals surface area contributed by atoms with Crippen molar-refractivity contribution < 1.29 is 33.3 Å². The first-order valence-corrected chi connectivity index (χ1v) is 11.1. The Labute approximate surface area is 205 Å². The molecule has 8 heteroatoms. The summed E-state index contributed by atoms with van der Waals surface area (Å²) in [5, 5.41) is 0. The fraction of sp³-hybridized carbons (Fsp3) is 0.333. The van der Waals surface area contributed by atoms with Crippen molar-refractivity contribution in [2.24, 2.45) is 0 Å². The number of methoxy groups -OCH3 is 4. The highest BCUT2D eigenvalue weighted by atomic mass is 16.5. The lowest BCUT2D eigenvalue weighted by Crippen LogP contribution is -2.16. The highest BCUT2D eigenvalue weighted by molar-refractivity contribution is 6.01. The quantitative estimate of drug-likeness (QED) is 0.296. The monoisotopic (exact) mass is 481 g/mol. The number of Topliss-reactive ketones (excluding diaryl/α,β-unsaturated/α-hetero) is 1. The summed E-state index contributed by atoms with van der Waals surface area (Å²) < 4.78 is 28.4. The van der Waals surface area contributed by atoms with Gasteiger partial charge in [-0.15, -0.1) is 0 Å². The van der Waals surface area contributed by atoms with Crippen LogP contribution in [-0.2, 0) is 17.7 Å². The van der Waals surface area contributed by atoms with Gasteiger partial charge in [0, 0.05) is 35.6 Å². The lowest BCUT2D eigenvalue weighted by atomic mass is 10.1. The summed E-state index contributed by atoms with van der Waals surface area (Å²) in [4.78, 5) is 25.6. The molecular weight excluding hydrogens is 450 g/mol. The van der Waals surface area contributed by atoms with Crippen molar-refractivity contribution in [3.8, 4) is 23.0 Å². The molecule has 0 fully saturated rings. The minimum absolute atomic E-state index is 0.142. The summed E-state index contributed by atoms with van der Waals surface area (Å²) >= 11 is 0. The molecule has 0 aliphatic rings. The fourth-order valence-corrected chi connectivity index (χ4v) is 3.94. The van der Waals surface area contributed by atoms with Gasteiger partial charge in [0.05, 0.1) is 28.4 Å². The molecule has 8 nitrogen and oxygen atoms in total. The predicted molar refractivity (Wildman–Crippen MR) is 131 cm³/mol. The van der Waals surface area contributed by atoms with Crippen LogP contribution in [0.25, 0.3) is 0 Å². The molecule has 35 heavy (non-hydrogen) atoms. The van der Waals surface area contributed by atoms with Crippen LogP contribution in [0.1, 0.15) is 37.7 Å². The van der Waals surface area contributed by atoms with Crippen molar-refractivity contribution in [3.63, 3.8) is 0 Å². The maximum Gasteiger partial charge on any atom is 0.342 e. The molecule has 0 radical (unpaired) electrons. The molecule has 0 bridgehead atoms. The topological polar surface area (TPSA) is 85.2 Å². The number of ketones is 1. The molecule has 0 aliphatic heterocycles. The maximum absolute atomic E-state index is 12.9. The highest BCUT2D eigenvalue weighted by Crippen LogP contribution is 2.35. The number of ether oxygens (including phenoxy) is 5. The van der Waals surface area contributed by atoms with Gasteiger partial charge in [-0.2, -0.15) is 0 Å². The average molecular weight is 482 g/mol. The summed E-state index contributed by atoms with van der Waals surface area (Å²) in [6, 6.07) is 12.8. The molecule has 3 aromatic rings. The number of aromatic nitrogens is 1. The summed E-state index contributed by atoms with van der Waals surface area (Å²) in [6.45, 7) is 4.19. The Morgan fingerprint density at radius 1 is 0.771 bits per heavy atom. The molecule has 0 saturated heterocycles. The van der Waals surface area contributed by atoms with Crippen molar-refractivity contribution in [1.82, 2.24) is 4.57 Å².